The average Bonchev–Trinajstić information content (AvgIpc) is 2.61. The molecule has 1 aromatic heterocycles. The number of ether oxygens (including phenoxy) is 1. The lowest BCUT2D eigenvalue weighted by atomic mass is 10.1. The van der Waals surface area contributed by atoms with Gasteiger partial charge in [-0.1, -0.05) is 0 Å². The van der Waals surface area contributed by atoms with Crippen LogP contribution < -0.4 is 10.2 Å². The fourth-order valence-electron chi connectivity index (χ4n) is 2.37. The number of aromatic nitrogens is 1. The van der Waals surface area contributed by atoms with E-state index in [0.29, 0.717) is 6.07 Å². The van der Waals surface area contributed by atoms with Crippen LogP contribution in [0.5, 0.6) is 5.75 Å². The molecule has 20 heavy (non-hydrogen) atoms. The van der Waals surface area contributed by atoms with Crippen LogP contribution in [-0.2, 0) is 5.72 Å². The molecule has 0 fully saturated rings. The maximum Gasteiger partial charge on any atom is 0.341 e. The van der Waals surface area contributed by atoms with E-state index in [1.165, 1.54) is 4.57 Å². The van der Waals surface area contributed by atoms with Crippen molar-refractivity contribution in [2.24, 2.45) is 0 Å². The third kappa shape index (κ3) is 1.40. The van der Waals surface area contributed by atoms with E-state index in [-0.39, 0.29) is 16.7 Å². The van der Waals surface area contributed by atoms with Gasteiger partial charge < -0.3 is 14.4 Å². The summed E-state index contributed by atoms with van der Waals surface area (Å²) in [6.45, 7) is 3.11. The third-order valence-corrected chi connectivity index (χ3v) is 3.30. The van der Waals surface area contributed by atoms with Crippen LogP contribution in [0.2, 0.25) is 0 Å². The molecular weight excluding hydrogens is 272 g/mol. The van der Waals surface area contributed by atoms with Crippen LogP contribution >= 0.6 is 0 Å². The maximum atomic E-state index is 13.8. The van der Waals surface area contributed by atoms with E-state index in [1.54, 1.807) is 13.8 Å². The predicted molar refractivity (Wildman–Crippen MR) is 65.0 cm³/mol. The van der Waals surface area contributed by atoms with Crippen molar-refractivity contribution in [2.75, 3.05) is 0 Å². The van der Waals surface area contributed by atoms with E-state index in [1.807, 2.05) is 0 Å². The van der Waals surface area contributed by atoms with Gasteiger partial charge in [0.15, 0.2) is 17.3 Å². The Morgan fingerprint density at radius 2 is 2.05 bits per heavy atom. The smallest absolute Gasteiger partial charge is 0.341 e. The van der Waals surface area contributed by atoms with Crippen molar-refractivity contribution >= 4 is 16.9 Å². The van der Waals surface area contributed by atoms with Crippen LogP contribution in [0.15, 0.2) is 17.1 Å². The van der Waals surface area contributed by atoms with Crippen LogP contribution in [0.1, 0.15) is 24.2 Å². The maximum absolute atomic E-state index is 13.8. The summed E-state index contributed by atoms with van der Waals surface area (Å²) in [5.41, 5.74) is -2.45. The molecule has 2 aromatic rings. The van der Waals surface area contributed by atoms with E-state index >= 15 is 0 Å². The van der Waals surface area contributed by atoms with E-state index in [0.717, 1.165) is 6.20 Å². The molecule has 0 saturated carbocycles. The van der Waals surface area contributed by atoms with Gasteiger partial charge >= 0.3 is 5.97 Å². The summed E-state index contributed by atoms with van der Waals surface area (Å²) in [6.07, 6.45) is 1.08. The van der Waals surface area contributed by atoms with E-state index in [2.05, 4.69) is 0 Å². The molecule has 104 valence electrons. The molecule has 0 spiro atoms. The fraction of sp³-hybridized carbons (Fsp3) is 0.231. The quantitative estimate of drug-likeness (QED) is 0.868. The molecule has 1 aliphatic rings. The molecule has 2 heterocycles. The summed E-state index contributed by atoms with van der Waals surface area (Å²) in [5, 5.41) is 8.82. The highest BCUT2D eigenvalue weighted by atomic mass is 19.2. The number of aromatic carboxylic acids is 1. The Balaban J connectivity index is 2.59. The normalized spacial score (nSPS) is 15.4. The number of hydrogen-bond donors (Lipinski definition) is 1. The first-order valence-electron chi connectivity index (χ1n) is 5.74. The van der Waals surface area contributed by atoms with Crippen LogP contribution in [-0.4, -0.2) is 15.6 Å². The van der Waals surface area contributed by atoms with Crippen LogP contribution in [0.25, 0.3) is 10.9 Å². The van der Waals surface area contributed by atoms with Crippen molar-refractivity contribution in [3.05, 3.63) is 39.7 Å². The minimum absolute atomic E-state index is 0.0592. The number of nitrogens with zero attached hydrogens (tertiary/aromatic N) is 1. The van der Waals surface area contributed by atoms with Gasteiger partial charge in [0.25, 0.3) is 0 Å². The Morgan fingerprint density at radius 1 is 1.40 bits per heavy atom. The van der Waals surface area contributed by atoms with E-state index in [9.17, 15) is 18.4 Å². The zero-order valence-electron chi connectivity index (χ0n) is 10.5. The number of pyridine rings is 1. The molecule has 0 saturated heterocycles. The lowest BCUT2D eigenvalue weighted by Crippen LogP contribution is -2.30. The van der Waals surface area contributed by atoms with Crippen molar-refractivity contribution in [1.29, 1.82) is 0 Å². The number of carboxylic acid groups (broad SMARTS) is 1. The van der Waals surface area contributed by atoms with Gasteiger partial charge in [-0.25, -0.2) is 9.18 Å². The second-order valence-electron chi connectivity index (χ2n) is 4.99. The number of carboxylic acids is 1. The van der Waals surface area contributed by atoms with Crippen molar-refractivity contribution in [3.63, 3.8) is 0 Å². The van der Waals surface area contributed by atoms with Gasteiger partial charge in [0.1, 0.15) is 11.1 Å². The Hall–Kier alpha value is -2.44. The molecule has 1 aromatic carbocycles. The molecule has 3 rings (SSSR count). The molecule has 7 heteroatoms. The minimum atomic E-state index is -1.44. The largest absolute Gasteiger partial charge is 0.477 e. The average molecular weight is 281 g/mol. The summed E-state index contributed by atoms with van der Waals surface area (Å²) in [5.74, 6) is -4.26. The summed E-state index contributed by atoms with van der Waals surface area (Å²) < 4.78 is 34.0. The zero-order chi connectivity index (χ0) is 14.8. The van der Waals surface area contributed by atoms with Gasteiger partial charge in [0.2, 0.25) is 11.2 Å². The molecule has 1 N–H and O–H groups in total. The monoisotopic (exact) mass is 281 g/mol. The van der Waals surface area contributed by atoms with Gasteiger partial charge in [-0.15, -0.1) is 0 Å². The molecule has 0 aliphatic carbocycles. The first-order valence-corrected chi connectivity index (χ1v) is 5.74. The third-order valence-electron chi connectivity index (χ3n) is 3.30. The van der Waals surface area contributed by atoms with Crippen molar-refractivity contribution < 1.29 is 23.4 Å². The summed E-state index contributed by atoms with van der Waals surface area (Å²) in [4.78, 5) is 23.1. The highest BCUT2D eigenvalue weighted by molar-refractivity contribution is 5.95. The molecule has 5 nitrogen and oxygen atoms in total. The lowest BCUT2D eigenvalue weighted by molar-refractivity contribution is 0.0512. The molecule has 0 amide bonds. The lowest BCUT2D eigenvalue weighted by Gasteiger charge is -2.22. The predicted octanol–water partition coefficient (Wildman–Crippen LogP) is 2.06. The standard InChI is InChI=1S/C13H9F2NO4/c1-13(2)16-4-6(12(18)19)10(17)5-3-7(14)8(15)11(20-13)9(5)16/h3-4H,1-2H3,(H,18,19). The first kappa shape index (κ1) is 12.6. The number of rotatable bonds is 1. The van der Waals surface area contributed by atoms with Crippen LogP contribution in [0.4, 0.5) is 8.78 Å². The van der Waals surface area contributed by atoms with Crippen molar-refractivity contribution in [2.45, 2.75) is 19.6 Å². The van der Waals surface area contributed by atoms with E-state index < -0.39 is 34.3 Å². The fourth-order valence-corrected chi connectivity index (χ4v) is 2.37. The van der Waals surface area contributed by atoms with Crippen LogP contribution in [0, 0.1) is 11.6 Å². The molecule has 0 radical (unpaired) electrons. The Morgan fingerprint density at radius 3 is 2.65 bits per heavy atom. The minimum Gasteiger partial charge on any atom is -0.477 e. The highest BCUT2D eigenvalue weighted by Crippen LogP contribution is 2.41. The highest BCUT2D eigenvalue weighted by Gasteiger charge is 2.37. The van der Waals surface area contributed by atoms with Gasteiger partial charge in [0.05, 0.1) is 5.39 Å². The van der Waals surface area contributed by atoms with E-state index in [4.69, 9.17) is 9.84 Å². The van der Waals surface area contributed by atoms with Crippen LogP contribution in [0.3, 0.4) is 0 Å². The van der Waals surface area contributed by atoms with Crippen molar-refractivity contribution in [1.82, 2.24) is 4.57 Å². The summed E-state index contributed by atoms with van der Waals surface area (Å²) >= 11 is 0. The molecule has 0 bridgehead atoms. The number of carbonyl (C=O) groups is 1. The molecule has 0 unspecified atom stereocenters. The molecule has 1 aliphatic heterocycles. The van der Waals surface area contributed by atoms with Gasteiger partial charge in [-0.05, 0) is 19.9 Å². The Bertz CT molecular complexity index is 839. The molecular formula is C13H9F2NO4. The number of hydrogen-bond acceptors (Lipinski definition) is 3. The Labute approximate surface area is 111 Å². The topological polar surface area (TPSA) is 68.5 Å². The molecule has 0 atom stereocenters. The number of halogens is 2. The van der Waals surface area contributed by atoms with Gasteiger partial charge in [-0.2, -0.15) is 4.39 Å². The van der Waals surface area contributed by atoms with Gasteiger partial charge in [-0.3, -0.25) is 4.79 Å². The Kier molecular flexibility index (Phi) is 2.24. The SMILES string of the molecule is CC1(C)Oc2c(F)c(F)cc3c(=O)c(C(=O)O)cn1c23. The first-order chi connectivity index (χ1) is 9.24. The summed E-state index contributed by atoms with van der Waals surface area (Å²) in [7, 11) is 0. The summed E-state index contributed by atoms with van der Waals surface area (Å²) in [6, 6.07) is 0.699. The van der Waals surface area contributed by atoms with Crippen molar-refractivity contribution in [3.8, 4) is 5.75 Å². The number of benzene rings is 1. The second kappa shape index (κ2) is 3.56. The van der Waals surface area contributed by atoms with Gasteiger partial charge in [0, 0.05) is 6.20 Å². The second-order valence-corrected chi connectivity index (χ2v) is 4.99. The zero-order valence-corrected chi connectivity index (χ0v) is 10.5.